The Morgan fingerprint density at radius 3 is 2.20 bits per heavy atom. The molecule has 2 aliphatic rings. The largest absolute Gasteiger partial charge is 0.295 e. The molecule has 1 nitrogen and oxygen atoms in total. The SMILES string of the molecule is O=C(C=C1CCCCC1)C1CCCCC1. The van der Waals surface area contributed by atoms with E-state index < -0.39 is 0 Å². The van der Waals surface area contributed by atoms with Crippen LogP contribution in [0.25, 0.3) is 0 Å². The van der Waals surface area contributed by atoms with E-state index in [-0.39, 0.29) is 0 Å². The molecule has 0 aliphatic heterocycles. The Kier molecular flexibility index (Phi) is 3.99. The van der Waals surface area contributed by atoms with Crippen molar-refractivity contribution >= 4 is 5.78 Å². The molecular formula is C14H22O. The predicted molar refractivity (Wildman–Crippen MR) is 62.8 cm³/mol. The lowest BCUT2D eigenvalue weighted by atomic mass is 9.84. The average molecular weight is 206 g/mol. The second kappa shape index (κ2) is 5.48. The van der Waals surface area contributed by atoms with Crippen LogP contribution in [0.1, 0.15) is 64.2 Å². The Bertz CT molecular complexity index is 238. The molecule has 2 rings (SSSR count). The Morgan fingerprint density at radius 1 is 0.933 bits per heavy atom. The van der Waals surface area contributed by atoms with Crippen LogP contribution in [0.2, 0.25) is 0 Å². The number of carbonyl (C=O) groups excluding carboxylic acids is 1. The topological polar surface area (TPSA) is 17.1 Å². The van der Waals surface area contributed by atoms with Crippen LogP contribution < -0.4 is 0 Å². The standard InChI is InChI=1S/C14H22O/c15-14(13-9-5-2-6-10-13)11-12-7-3-1-4-8-12/h11,13H,1-10H2. The smallest absolute Gasteiger partial charge is 0.158 e. The van der Waals surface area contributed by atoms with Gasteiger partial charge >= 0.3 is 0 Å². The monoisotopic (exact) mass is 206 g/mol. The summed E-state index contributed by atoms with van der Waals surface area (Å²) in [5, 5.41) is 0. The zero-order chi connectivity index (χ0) is 10.5. The Balaban J connectivity index is 1.88. The van der Waals surface area contributed by atoms with Gasteiger partial charge in [-0.1, -0.05) is 31.3 Å². The minimum absolute atomic E-state index is 0.369. The van der Waals surface area contributed by atoms with E-state index in [2.05, 4.69) is 0 Å². The fourth-order valence-corrected chi connectivity index (χ4v) is 2.86. The molecule has 0 saturated heterocycles. The Morgan fingerprint density at radius 2 is 1.53 bits per heavy atom. The molecule has 0 aromatic carbocycles. The van der Waals surface area contributed by atoms with E-state index in [9.17, 15) is 4.79 Å². The number of carbonyl (C=O) groups is 1. The van der Waals surface area contributed by atoms with Crippen molar-refractivity contribution in [2.75, 3.05) is 0 Å². The Labute approximate surface area is 92.9 Å². The summed E-state index contributed by atoms with van der Waals surface area (Å²) < 4.78 is 0. The van der Waals surface area contributed by atoms with Crippen LogP contribution in [0.5, 0.6) is 0 Å². The highest BCUT2D eigenvalue weighted by molar-refractivity contribution is 5.92. The number of rotatable bonds is 2. The van der Waals surface area contributed by atoms with Crippen molar-refractivity contribution in [3.63, 3.8) is 0 Å². The average Bonchev–Trinajstić information content (AvgIpc) is 2.31. The van der Waals surface area contributed by atoms with Crippen LogP contribution in [-0.4, -0.2) is 5.78 Å². The molecule has 0 radical (unpaired) electrons. The fraction of sp³-hybridized carbons (Fsp3) is 0.786. The van der Waals surface area contributed by atoms with Crippen molar-refractivity contribution in [2.24, 2.45) is 5.92 Å². The molecule has 0 N–H and O–H groups in total. The number of ketones is 1. The Hall–Kier alpha value is -0.590. The first-order valence-corrected chi connectivity index (χ1v) is 6.59. The molecule has 2 aliphatic carbocycles. The molecule has 15 heavy (non-hydrogen) atoms. The molecule has 0 heterocycles. The van der Waals surface area contributed by atoms with E-state index in [4.69, 9.17) is 0 Å². The molecular weight excluding hydrogens is 184 g/mol. The van der Waals surface area contributed by atoms with Crippen LogP contribution in [0.4, 0.5) is 0 Å². The summed E-state index contributed by atoms with van der Waals surface area (Å²) in [5.74, 6) is 0.805. The lowest BCUT2D eigenvalue weighted by Gasteiger charge is -2.20. The van der Waals surface area contributed by atoms with Gasteiger partial charge in [-0.2, -0.15) is 0 Å². The van der Waals surface area contributed by atoms with Crippen molar-refractivity contribution in [3.8, 4) is 0 Å². The predicted octanol–water partition coefficient (Wildman–Crippen LogP) is 4.03. The molecule has 2 saturated carbocycles. The fourth-order valence-electron chi connectivity index (χ4n) is 2.86. The van der Waals surface area contributed by atoms with E-state index in [1.54, 1.807) is 0 Å². The minimum Gasteiger partial charge on any atom is -0.295 e. The highest BCUT2D eigenvalue weighted by Gasteiger charge is 2.20. The summed E-state index contributed by atoms with van der Waals surface area (Å²) in [7, 11) is 0. The summed E-state index contributed by atoms with van der Waals surface area (Å²) in [6.07, 6.45) is 14.4. The third-order valence-electron chi connectivity index (χ3n) is 3.85. The first kappa shape index (κ1) is 10.9. The van der Waals surface area contributed by atoms with Gasteiger partial charge in [0.25, 0.3) is 0 Å². The molecule has 84 valence electrons. The maximum absolute atomic E-state index is 12.0. The molecule has 0 aromatic heterocycles. The quantitative estimate of drug-likeness (QED) is 0.623. The van der Waals surface area contributed by atoms with Crippen LogP contribution in [0.3, 0.4) is 0 Å². The lowest BCUT2D eigenvalue weighted by molar-refractivity contribution is -0.119. The van der Waals surface area contributed by atoms with Crippen molar-refractivity contribution in [1.82, 2.24) is 0 Å². The van der Waals surface area contributed by atoms with Crippen LogP contribution in [0, 0.1) is 5.92 Å². The summed E-state index contributed by atoms with van der Waals surface area (Å²) >= 11 is 0. The molecule has 0 aromatic rings. The van der Waals surface area contributed by atoms with Gasteiger partial charge in [0.05, 0.1) is 0 Å². The van der Waals surface area contributed by atoms with Gasteiger partial charge in [-0.05, 0) is 44.6 Å². The number of hydrogen-bond donors (Lipinski definition) is 0. The third kappa shape index (κ3) is 3.19. The lowest BCUT2D eigenvalue weighted by Crippen LogP contribution is -2.16. The zero-order valence-corrected chi connectivity index (χ0v) is 9.63. The molecule has 0 bridgehead atoms. The van der Waals surface area contributed by atoms with Crippen molar-refractivity contribution in [3.05, 3.63) is 11.6 Å². The van der Waals surface area contributed by atoms with Crippen molar-refractivity contribution in [1.29, 1.82) is 0 Å². The molecule has 0 spiro atoms. The van der Waals surface area contributed by atoms with Crippen molar-refractivity contribution in [2.45, 2.75) is 64.2 Å². The summed E-state index contributed by atoms with van der Waals surface area (Å²) in [5.41, 5.74) is 1.43. The van der Waals surface area contributed by atoms with E-state index in [0.717, 1.165) is 12.8 Å². The van der Waals surface area contributed by atoms with E-state index in [0.29, 0.717) is 11.7 Å². The van der Waals surface area contributed by atoms with E-state index >= 15 is 0 Å². The van der Waals surface area contributed by atoms with Gasteiger partial charge in [0.2, 0.25) is 0 Å². The number of hydrogen-bond acceptors (Lipinski definition) is 1. The molecule has 0 atom stereocenters. The van der Waals surface area contributed by atoms with E-state index in [1.807, 2.05) is 6.08 Å². The summed E-state index contributed by atoms with van der Waals surface area (Å²) in [6, 6.07) is 0. The first-order valence-electron chi connectivity index (χ1n) is 6.59. The van der Waals surface area contributed by atoms with Crippen LogP contribution in [0.15, 0.2) is 11.6 Å². The summed E-state index contributed by atoms with van der Waals surface area (Å²) in [4.78, 5) is 12.0. The number of allylic oxidation sites excluding steroid dienone is 2. The van der Waals surface area contributed by atoms with Gasteiger partial charge in [0.15, 0.2) is 5.78 Å². The zero-order valence-electron chi connectivity index (χ0n) is 9.63. The molecule has 0 unspecified atom stereocenters. The maximum atomic E-state index is 12.0. The molecule has 1 heteroatoms. The molecule has 0 amide bonds. The van der Waals surface area contributed by atoms with Gasteiger partial charge in [0, 0.05) is 5.92 Å². The van der Waals surface area contributed by atoms with Gasteiger partial charge in [-0.15, -0.1) is 0 Å². The van der Waals surface area contributed by atoms with E-state index in [1.165, 1.54) is 56.9 Å². The third-order valence-corrected chi connectivity index (χ3v) is 3.85. The van der Waals surface area contributed by atoms with Crippen LogP contribution in [-0.2, 0) is 4.79 Å². The summed E-state index contributed by atoms with van der Waals surface area (Å²) in [6.45, 7) is 0. The highest BCUT2D eigenvalue weighted by Crippen LogP contribution is 2.27. The second-order valence-electron chi connectivity index (χ2n) is 5.10. The van der Waals surface area contributed by atoms with Crippen molar-refractivity contribution < 1.29 is 4.79 Å². The van der Waals surface area contributed by atoms with Gasteiger partial charge in [-0.25, -0.2) is 0 Å². The van der Waals surface area contributed by atoms with Crippen LogP contribution >= 0.6 is 0 Å². The highest BCUT2D eigenvalue weighted by atomic mass is 16.1. The maximum Gasteiger partial charge on any atom is 0.158 e. The second-order valence-corrected chi connectivity index (χ2v) is 5.10. The van der Waals surface area contributed by atoms with Gasteiger partial charge in [-0.3, -0.25) is 4.79 Å². The van der Waals surface area contributed by atoms with Gasteiger partial charge in [0.1, 0.15) is 0 Å². The first-order chi connectivity index (χ1) is 7.36. The molecule has 2 fully saturated rings. The normalized spacial score (nSPS) is 23.9. The van der Waals surface area contributed by atoms with Gasteiger partial charge < -0.3 is 0 Å². The minimum atomic E-state index is 0.369.